The van der Waals surface area contributed by atoms with Crippen molar-refractivity contribution in [2.24, 2.45) is 10.7 Å². The van der Waals surface area contributed by atoms with E-state index in [1.807, 2.05) is 14.0 Å². The fourth-order valence-corrected chi connectivity index (χ4v) is 4.63. The fourth-order valence-electron chi connectivity index (χ4n) is 4.63. The first-order chi connectivity index (χ1) is 16.7. The second-order valence-electron chi connectivity index (χ2n) is 8.85. The highest BCUT2D eigenvalue weighted by Crippen LogP contribution is 2.40. The molecule has 0 radical (unpaired) electrons. The molecule has 1 saturated carbocycles. The number of hydrogen-bond acceptors (Lipinski definition) is 5. The summed E-state index contributed by atoms with van der Waals surface area (Å²) in [6.45, 7) is 1.85. The molecule has 3 aromatic rings. The molecule has 1 fully saturated rings. The highest BCUT2D eigenvalue weighted by molar-refractivity contribution is 6.03. The van der Waals surface area contributed by atoms with Crippen molar-refractivity contribution < 1.29 is 13.2 Å². The van der Waals surface area contributed by atoms with E-state index < -0.39 is 11.7 Å². The third kappa shape index (κ3) is 5.30. The Bertz CT molecular complexity index is 1230. The number of alkyl halides is 3. The van der Waals surface area contributed by atoms with Gasteiger partial charge in [-0.15, -0.1) is 0 Å². The first-order valence-electron chi connectivity index (χ1n) is 11.6. The Morgan fingerprint density at radius 1 is 1.00 bits per heavy atom. The summed E-state index contributed by atoms with van der Waals surface area (Å²) in [4.78, 5) is 13.7. The fraction of sp³-hybridized carbons (Fsp3) is 0.346. The molecule has 2 aromatic carbocycles. The molecule has 0 saturated heterocycles. The van der Waals surface area contributed by atoms with Gasteiger partial charge in [-0.1, -0.05) is 30.3 Å². The zero-order valence-corrected chi connectivity index (χ0v) is 19.7. The van der Waals surface area contributed by atoms with Crippen LogP contribution in [0, 0.1) is 6.92 Å². The van der Waals surface area contributed by atoms with E-state index in [1.54, 1.807) is 30.3 Å². The molecule has 1 aromatic heterocycles. The minimum Gasteiger partial charge on any atom is -0.398 e. The number of anilines is 1. The van der Waals surface area contributed by atoms with E-state index in [4.69, 9.17) is 11.5 Å². The van der Waals surface area contributed by atoms with E-state index in [0.717, 1.165) is 31.7 Å². The molecule has 4 rings (SSSR count). The normalized spacial score (nSPS) is 19.1. The second-order valence-corrected chi connectivity index (χ2v) is 8.85. The maximum absolute atomic E-state index is 13.8. The molecule has 0 atom stereocenters. The van der Waals surface area contributed by atoms with Crippen molar-refractivity contribution in [3.05, 3.63) is 70.9 Å². The van der Waals surface area contributed by atoms with Gasteiger partial charge in [-0.05, 0) is 57.9 Å². The number of aromatic nitrogens is 2. The number of benzene rings is 2. The van der Waals surface area contributed by atoms with E-state index in [1.165, 1.54) is 12.1 Å². The van der Waals surface area contributed by atoms with Crippen LogP contribution in [0.4, 0.5) is 24.7 Å². The predicted octanol–water partition coefficient (Wildman–Crippen LogP) is 5.34. The van der Waals surface area contributed by atoms with Crippen LogP contribution in [-0.2, 0) is 6.18 Å². The minimum absolute atomic E-state index is 0.0122. The van der Waals surface area contributed by atoms with Crippen LogP contribution in [-0.4, -0.2) is 28.9 Å². The monoisotopic (exact) mass is 482 g/mol. The summed E-state index contributed by atoms with van der Waals surface area (Å²) in [5.74, 6) is 0.474. The lowest BCUT2D eigenvalue weighted by Gasteiger charge is -2.29. The largest absolute Gasteiger partial charge is 0.417 e. The Hall–Kier alpha value is -3.46. The number of rotatable bonds is 5. The van der Waals surface area contributed by atoms with E-state index in [0.29, 0.717) is 28.6 Å². The van der Waals surface area contributed by atoms with Gasteiger partial charge in [0.05, 0.1) is 11.3 Å². The van der Waals surface area contributed by atoms with Gasteiger partial charge in [-0.3, -0.25) is 0 Å². The van der Waals surface area contributed by atoms with Gasteiger partial charge in [0.1, 0.15) is 5.84 Å². The van der Waals surface area contributed by atoms with Gasteiger partial charge < -0.3 is 16.8 Å². The molecule has 9 heteroatoms. The van der Waals surface area contributed by atoms with Crippen LogP contribution < -0.4 is 16.8 Å². The van der Waals surface area contributed by atoms with E-state index in [-0.39, 0.29) is 29.0 Å². The third-order valence-electron chi connectivity index (χ3n) is 6.62. The molecule has 184 valence electrons. The van der Waals surface area contributed by atoms with Crippen LogP contribution in [0.3, 0.4) is 0 Å². The molecule has 0 bridgehead atoms. The number of nitrogens with one attached hydrogen (secondary N) is 1. The lowest BCUT2D eigenvalue weighted by atomic mass is 9.82. The Morgan fingerprint density at radius 3 is 2.31 bits per heavy atom. The Balaban J connectivity index is 1.87. The van der Waals surface area contributed by atoms with Gasteiger partial charge in [0, 0.05) is 34.3 Å². The number of nitrogens with zero attached hydrogens (tertiary/aromatic N) is 3. The summed E-state index contributed by atoms with van der Waals surface area (Å²) in [7, 11) is 1.94. The minimum atomic E-state index is -4.54. The van der Waals surface area contributed by atoms with Crippen LogP contribution in [0.1, 0.15) is 54.0 Å². The first kappa shape index (κ1) is 24.7. The van der Waals surface area contributed by atoms with Gasteiger partial charge in [0.15, 0.2) is 11.6 Å². The average Bonchev–Trinajstić information content (AvgIpc) is 2.85. The van der Waals surface area contributed by atoms with Gasteiger partial charge in [0.2, 0.25) is 0 Å². The molecule has 0 amide bonds. The number of nitrogens with two attached hydrogens (primary N) is 2. The van der Waals surface area contributed by atoms with Crippen LogP contribution in [0.2, 0.25) is 0 Å². The summed E-state index contributed by atoms with van der Waals surface area (Å²) < 4.78 is 41.4. The summed E-state index contributed by atoms with van der Waals surface area (Å²) >= 11 is 0. The zero-order valence-electron chi connectivity index (χ0n) is 19.7. The lowest BCUT2D eigenvalue weighted by molar-refractivity contribution is -0.137. The third-order valence-corrected chi connectivity index (χ3v) is 6.62. The molecular formula is C26H29F3N6. The predicted molar refractivity (Wildman–Crippen MR) is 133 cm³/mol. The van der Waals surface area contributed by atoms with Crippen LogP contribution >= 0.6 is 0 Å². The lowest BCUT2D eigenvalue weighted by Crippen LogP contribution is -2.30. The van der Waals surface area contributed by atoms with Crippen molar-refractivity contribution in [2.75, 3.05) is 12.8 Å². The summed E-state index contributed by atoms with van der Waals surface area (Å²) in [5, 5.41) is 3.30. The number of para-hydroxylation sites is 1. The highest BCUT2D eigenvalue weighted by atomic mass is 19.4. The van der Waals surface area contributed by atoms with Crippen molar-refractivity contribution in [1.29, 1.82) is 0 Å². The SMILES string of the molecule is CNC1CCC(c2nc(-c3ccccc3C(F)(F)F)nc(N=C(N)c3ccccc3N)c2C)CC1. The van der Waals surface area contributed by atoms with E-state index in [9.17, 15) is 13.2 Å². The Morgan fingerprint density at radius 2 is 1.66 bits per heavy atom. The van der Waals surface area contributed by atoms with E-state index >= 15 is 0 Å². The van der Waals surface area contributed by atoms with Crippen molar-refractivity contribution >= 4 is 17.3 Å². The van der Waals surface area contributed by atoms with Crippen LogP contribution in [0.15, 0.2) is 53.5 Å². The smallest absolute Gasteiger partial charge is 0.398 e. The molecule has 0 aliphatic heterocycles. The molecular weight excluding hydrogens is 453 g/mol. The number of hydrogen-bond donors (Lipinski definition) is 3. The summed E-state index contributed by atoms with van der Waals surface area (Å²) in [6, 6.07) is 12.8. The molecule has 6 nitrogen and oxygen atoms in total. The van der Waals surface area contributed by atoms with E-state index in [2.05, 4.69) is 20.3 Å². The zero-order chi connectivity index (χ0) is 25.2. The molecule has 5 N–H and O–H groups in total. The molecule has 1 heterocycles. The van der Waals surface area contributed by atoms with Crippen molar-refractivity contribution in [1.82, 2.24) is 15.3 Å². The topological polar surface area (TPSA) is 102 Å². The van der Waals surface area contributed by atoms with Crippen molar-refractivity contribution in [3.63, 3.8) is 0 Å². The first-order valence-corrected chi connectivity index (χ1v) is 11.6. The molecule has 1 aliphatic carbocycles. The maximum atomic E-state index is 13.8. The number of nitrogen functional groups attached to an aromatic ring is 1. The second kappa shape index (κ2) is 10.0. The van der Waals surface area contributed by atoms with Crippen LogP contribution in [0.25, 0.3) is 11.4 Å². The average molecular weight is 483 g/mol. The standard InChI is InChI=1S/C26H29F3N6/c1-15-22(16-11-13-17(32-2)14-12-16)33-25(18-7-3-5-9-20(18)26(27,28)29)35-24(15)34-23(31)19-8-4-6-10-21(19)30/h3-10,16-17,32H,11-14,30H2,1-2H3,(H2,31,33,34,35). The molecule has 35 heavy (non-hydrogen) atoms. The number of halogens is 3. The summed E-state index contributed by atoms with van der Waals surface area (Å²) in [5.41, 5.74) is 13.9. The van der Waals surface area contributed by atoms with Gasteiger partial charge in [-0.25, -0.2) is 15.0 Å². The van der Waals surface area contributed by atoms with Crippen molar-refractivity contribution in [2.45, 2.75) is 50.7 Å². The molecule has 0 spiro atoms. The maximum Gasteiger partial charge on any atom is 0.417 e. The Kier molecular flexibility index (Phi) is 7.07. The number of amidine groups is 1. The van der Waals surface area contributed by atoms with Gasteiger partial charge in [-0.2, -0.15) is 13.2 Å². The molecule has 1 aliphatic rings. The van der Waals surface area contributed by atoms with Gasteiger partial charge >= 0.3 is 6.18 Å². The molecule has 0 unspecified atom stereocenters. The summed E-state index contributed by atoms with van der Waals surface area (Å²) in [6.07, 6.45) is -0.889. The number of aliphatic imine (C=N–C) groups is 1. The quantitative estimate of drug-likeness (QED) is 0.259. The van der Waals surface area contributed by atoms with Gasteiger partial charge in [0.25, 0.3) is 0 Å². The Labute approximate surface area is 202 Å². The van der Waals surface area contributed by atoms with Crippen molar-refractivity contribution in [3.8, 4) is 11.4 Å². The highest BCUT2D eigenvalue weighted by Gasteiger charge is 2.35. The van der Waals surface area contributed by atoms with Crippen LogP contribution in [0.5, 0.6) is 0 Å².